The van der Waals surface area contributed by atoms with Gasteiger partial charge < -0.3 is 15.8 Å². The monoisotopic (exact) mass is 247 g/mol. The summed E-state index contributed by atoms with van der Waals surface area (Å²) >= 11 is 0. The fourth-order valence-corrected chi connectivity index (χ4v) is 2.70. The minimum absolute atomic E-state index is 0.308. The van der Waals surface area contributed by atoms with E-state index >= 15 is 0 Å². The SMILES string of the molecule is CCC(C/C(N)=N/O)N1CCCc2ccccc21. The zero-order valence-electron chi connectivity index (χ0n) is 10.8. The predicted octanol–water partition coefficient (Wildman–Crippen LogP) is 2.35. The van der Waals surface area contributed by atoms with Gasteiger partial charge in [0.05, 0.1) is 0 Å². The summed E-state index contributed by atoms with van der Waals surface area (Å²) in [6, 6.07) is 8.84. The minimum Gasteiger partial charge on any atom is -0.409 e. The number of anilines is 1. The fourth-order valence-electron chi connectivity index (χ4n) is 2.70. The Morgan fingerprint density at radius 3 is 3.00 bits per heavy atom. The molecule has 0 aliphatic carbocycles. The summed E-state index contributed by atoms with van der Waals surface area (Å²) in [7, 11) is 0. The van der Waals surface area contributed by atoms with Crippen molar-refractivity contribution in [2.75, 3.05) is 11.4 Å². The molecule has 0 spiro atoms. The van der Waals surface area contributed by atoms with Gasteiger partial charge in [0.2, 0.25) is 0 Å². The van der Waals surface area contributed by atoms with E-state index in [1.54, 1.807) is 0 Å². The second-order valence-corrected chi connectivity index (χ2v) is 4.78. The van der Waals surface area contributed by atoms with E-state index in [9.17, 15) is 0 Å². The van der Waals surface area contributed by atoms with E-state index in [4.69, 9.17) is 10.9 Å². The van der Waals surface area contributed by atoms with Gasteiger partial charge >= 0.3 is 0 Å². The number of oxime groups is 1. The molecule has 1 aromatic rings. The number of nitrogens with zero attached hydrogens (tertiary/aromatic N) is 2. The summed E-state index contributed by atoms with van der Waals surface area (Å²) in [6.07, 6.45) is 3.92. The number of nitrogens with two attached hydrogens (primary N) is 1. The Morgan fingerprint density at radius 1 is 1.50 bits per heavy atom. The number of rotatable bonds is 4. The van der Waals surface area contributed by atoms with Crippen molar-refractivity contribution in [2.45, 2.75) is 38.6 Å². The number of para-hydroxylation sites is 1. The molecule has 0 saturated heterocycles. The molecule has 18 heavy (non-hydrogen) atoms. The highest BCUT2D eigenvalue weighted by atomic mass is 16.4. The van der Waals surface area contributed by atoms with E-state index in [0.717, 1.165) is 19.4 Å². The molecule has 0 aromatic heterocycles. The van der Waals surface area contributed by atoms with E-state index in [1.165, 1.54) is 17.7 Å². The van der Waals surface area contributed by atoms with Gasteiger partial charge in [-0.05, 0) is 30.9 Å². The van der Waals surface area contributed by atoms with Crippen LogP contribution in [0.1, 0.15) is 31.7 Å². The minimum atomic E-state index is 0.308. The van der Waals surface area contributed by atoms with E-state index < -0.39 is 0 Å². The zero-order chi connectivity index (χ0) is 13.0. The van der Waals surface area contributed by atoms with Crippen molar-refractivity contribution >= 4 is 11.5 Å². The zero-order valence-corrected chi connectivity index (χ0v) is 10.8. The third-order valence-electron chi connectivity index (χ3n) is 3.63. The van der Waals surface area contributed by atoms with Crippen LogP contribution in [-0.2, 0) is 6.42 Å². The molecule has 1 aliphatic heterocycles. The fraction of sp³-hybridized carbons (Fsp3) is 0.500. The van der Waals surface area contributed by atoms with Crippen LogP contribution in [0.25, 0.3) is 0 Å². The van der Waals surface area contributed by atoms with Crippen LogP contribution in [0.5, 0.6) is 0 Å². The Morgan fingerprint density at radius 2 is 2.28 bits per heavy atom. The first kappa shape index (κ1) is 12.7. The molecule has 1 heterocycles. The number of hydrogen-bond donors (Lipinski definition) is 2. The van der Waals surface area contributed by atoms with Crippen LogP contribution in [0.3, 0.4) is 0 Å². The lowest BCUT2D eigenvalue weighted by molar-refractivity contribution is 0.316. The van der Waals surface area contributed by atoms with E-state index in [-0.39, 0.29) is 0 Å². The van der Waals surface area contributed by atoms with Crippen LogP contribution in [0.2, 0.25) is 0 Å². The van der Waals surface area contributed by atoms with Gasteiger partial charge in [-0.15, -0.1) is 0 Å². The number of hydrogen-bond acceptors (Lipinski definition) is 3. The highest BCUT2D eigenvalue weighted by Crippen LogP contribution is 2.30. The van der Waals surface area contributed by atoms with Crippen molar-refractivity contribution in [3.63, 3.8) is 0 Å². The van der Waals surface area contributed by atoms with Crippen LogP contribution in [-0.4, -0.2) is 23.6 Å². The van der Waals surface area contributed by atoms with E-state index in [2.05, 4.69) is 41.2 Å². The lowest BCUT2D eigenvalue weighted by Crippen LogP contribution is -2.41. The standard InChI is InChI=1S/C14H21N3O/c1-2-12(10-14(15)16-18)17-9-5-7-11-6-3-4-8-13(11)17/h3-4,6,8,12,18H,2,5,7,9-10H2,1H3,(H2,15,16). The molecule has 0 fully saturated rings. The number of aryl methyl sites for hydroxylation is 1. The lowest BCUT2D eigenvalue weighted by Gasteiger charge is -2.37. The maximum Gasteiger partial charge on any atom is 0.141 e. The Labute approximate surface area is 108 Å². The molecule has 1 unspecified atom stereocenters. The van der Waals surface area contributed by atoms with Gasteiger partial charge in [-0.1, -0.05) is 30.3 Å². The third kappa shape index (κ3) is 2.58. The van der Waals surface area contributed by atoms with Gasteiger partial charge in [-0.25, -0.2) is 0 Å². The summed E-state index contributed by atoms with van der Waals surface area (Å²) in [5.41, 5.74) is 8.36. The van der Waals surface area contributed by atoms with Crippen LogP contribution in [0, 0.1) is 0 Å². The summed E-state index contributed by atoms with van der Waals surface area (Å²) in [6.45, 7) is 3.20. The summed E-state index contributed by atoms with van der Waals surface area (Å²) < 4.78 is 0. The first-order valence-corrected chi connectivity index (χ1v) is 6.57. The van der Waals surface area contributed by atoms with Gasteiger partial charge in [0.1, 0.15) is 5.84 Å². The van der Waals surface area contributed by atoms with Gasteiger partial charge in [0, 0.05) is 24.7 Å². The van der Waals surface area contributed by atoms with Crippen molar-refractivity contribution in [1.82, 2.24) is 0 Å². The van der Waals surface area contributed by atoms with Crippen LogP contribution >= 0.6 is 0 Å². The molecule has 1 aliphatic rings. The van der Waals surface area contributed by atoms with Crippen molar-refractivity contribution in [1.29, 1.82) is 0 Å². The predicted molar refractivity (Wildman–Crippen MR) is 74.2 cm³/mol. The number of benzene rings is 1. The summed E-state index contributed by atoms with van der Waals surface area (Å²) in [5.74, 6) is 0.310. The highest BCUT2D eigenvalue weighted by molar-refractivity contribution is 5.80. The average Bonchev–Trinajstić information content (AvgIpc) is 2.44. The van der Waals surface area contributed by atoms with Gasteiger partial charge in [-0.2, -0.15) is 0 Å². The molecule has 2 rings (SSSR count). The lowest BCUT2D eigenvalue weighted by atomic mass is 9.98. The molecule has 3 N–H and O–H groups in total. The molecule has 0 radical (unpaired) electrons. The maximum absolute atomic E-state index is 8.72. The van der Waals surface area contributed by atoms with Crippen LogP contribution in [0.4, 0.5) is 5.69 Å². The first-order chi connectivity index (χ1) is 8.76. The second kappa shape index (κ2) is 5.76. The maximum atomic E-state index is 8.72. The van der Waals surface area contributed by atoms with Crippen LogP contribution in [0.15, 0.2) is 29.4 Å². The largest absolute Gasteiger partial charge is 0.409 e. The number of amidine groups is 1. The quantitative estimate of drug-likeness (QED) is 0.371. The van der Waals surface area contributed by atoms with Gasteiger partial charge in [0.25, 0.3) is 0 Å². The Bertz CT molecular complexity index is 431. The molecule has 4 heteroatoms. The summed E-state index contributed by atoms with van der Waals surface area (Å²) in [4.78, 5) is 2.40. The first-order valence-electron chi connectivity index (χ1n) is 6.57. The normalized spacial score (nSPS) is 17.4. The third-order valence-corrected chi connectivity index (χ3v) is 3.63. The van der Waals surface area contributed by atoms with Gasteiger partial charge in [0.15, 0.2) is 0 Å². The Balaban J connectivity index is 2.22. The Hall–Kier alpha value is -1.71. The molecule has 0 bridgehead atoms. The molecular weight excluding hydrogens is 226 g/mol. The van der Waals surface area contributed by atoms with Crippen molar-refractivity contribution in [3.8, 4) is 0 Å². The van der Waals surface area contributed by atoms with Crippen molar-refractivity contribution in [3.05, 3.63) is 29.8 Å². The molecule has 1 atom stereocenters. The number of fused-ring (bicyclic) bond motifs is 1. The Kier molecular flexibility index (Phi) is 4.07. The topological polar surface area (TPSA) is 61.9 Å². The molecule has 0 saturated carbocycles. The van der Waals surface area contributed by atoms with Gasteiger partial charge in [-0.3, -0.25) is 0 Å². The summed E-state index contributed by atoms with van der Waals surface area (Å²) in [5, 5.41) is 11.8. The smallest absolute Gasteiger partial charge is 0.141 e. The second-order valence-electron chi connectivity index (χ2n) is 4.78. The molecule has 1 aromatic carbocycles. The average molecular weight is 247 g/mol. The van der Waals surface area contributed by atoms with Crippen LogP contribution < -0.4 is 10.6 Å². The molecule has 0 amide bonds. The highest BCUT2D eigenvalue weighted by Gasteiger charge is 2.23. The van der Waals surface area contributed by atoms with E-state index in [0.29, 0.717) is 18.3 Å². The molecule has 98 valence electrons. The van der Waals surface area contributed by atoms with Crippen molar-refractivity contribution < 1.29 is 5.21 Å². The molecular formula is C14H21N3O. The molecule has 4 nitrogen and oxygen atoms in total. The van der Waals surface area contributed by atoms with E-state index in [1.807, 2.05) is 0 Å². The van der Waals surface area contributed by atoms with Crippen molar-refractivity contribution in [2.24, 2.45) is 10.9 Å².